The highest BCUT2D eigenvalue weighted by molar-refractivity contribution is 5.24. The summed E-state index contributed by atoms with van der Waals surface area (Å²) in [5, 5.41) is 9.34. The van der Waals surface area contributed by atoms with Crippen LogP contribution in [0.15, 0.2) is 24.3 Å². The van der Waals surface area contributed by atoms with Gasteiger partial charge in [-0.15, -0.1) is 0 Å². The van der Waals surface area contributed by atoms with Gasteiger partial charge in [0.15, 0.2) is 0 Å². The van der Waals surface area contributed by atoms with Crippen molar-refractivity contribution in [1.29, 1.82) is 0 Å². The number of aliphatic hydroxyl groups is 1. The predicted molar refractivity (Wildman–Crippen MR) is 48.3 cm³/mol. The van der Waals surface area contributed by atoms with Gasteiger partial charge in [-0.25, -0.2) is 0 Å². The lowest BCUT2D eigenvalue weighted by Crippen LogP contribution is -2.11. The summed E-state index contributed by atoms with van der Waals surface area (Å²) in [6.45, 7) is 0.779. The van der Waals surface area contributed by atoms with Gasteiger partial charge in [-0.1, -0.05) is 24.3 Å². The Bertz CT molecular complexity index is 233. The summed E-state index contributed by atoms with van der Waals surface area (Å²) in [7, 11) is 0. The SMILES string of the molecule is NCc1ccc(C(O)CN)cc1. The summed E-state index contributed by atoms with van der Waals surface area (Å²) in [6.07, 6.45) is -0.558. The minimum atomic E-state index is -0.558. The molecular formula is C9H14N2O. The molecule has 0 amide bonds. The molecule has 1 aromatic carbocycles. The van der Waals surface area contributed by atoms with Crippen LogP contribution in [-0.2, 0) is 6.54 Å². The molecule has 0 aliphatic heterocycles. The molecule has 0 spiro atoms. The second-order valence-electron chi connectivity index (χ2n) is 2.70. The largest absolute Gasteiger partial charge is 0.387 e. The number of benzene rings is 1. The van der Waals surface area contributed by atoms with E-state index in [1.54, 1.807) is 0 Å². The number of nitrogens with two attached hydrogens (primary N) is 2. The van der Waals surface area contributed by atoms with Crippen molar-refractivity contribution < 1.29 is 5.11 Å². The van der Waals surface area contributed by atoms with Crippen molar-refractivity contribution in [2.75, 3.05) is 6.54 Å². The Morgan fingerprint density at radius 3 is 2.17 bits per heavy atom. The fraction of sp³-hybridized carbons (Fsp3) is 0.333. The van der Waals surface area contributed by atoms with Gasteiger partial charge in [0.25, 0.3) is 0 Å². The molecule has 0 radical (unpaired) electrons. The Labute approximate surface area is 72.0 Å². The van der Waals surface area contributed by atoms with E-state index in [0.717, 1.165) is 11.1 Å². The fourth-order valence-corrected chi connectivity index (χ4v) is 1.01. The molecule has 0 aliphatic rings. The summed E-state index contributed by atoms with van der Waals surface area (Å²) in [5.74, 6) is 0. The van der Waals surface area contributed by atoms with Crippen molar-refractivity contribution in [3.05, 3.63) is 35.4 Å². The number of hydrogen-bond acceptors (Lipinski definition) is 3. The van der Waals surface area contributed by atoms with Crippen LogP contribution in [0.4, 0.5) is 0 Å². The van der Waals surface area contributed by atoms with Gasteiger partial charge in [0, 0.05) is 13.1 Å². The maximum absolute atomic E-state index is 9.34. The van der Waals surface area contributed by atoms with Crippen molar-refractivity contribution in [2.45, 2.75) is 12.6 Å². The molecule has 1 aromatic rings. The Morgan fingerprint density at radius 2 is 1.75 bits per heavy atom. The van der Waals surface area contributed by atoms with Gasteiger partial charge >= 0.3 is 0 Å². The lowest BCUT2D eigenvalue weighted by atomic mass is 10.1. The van der Waals surface area contributed by atoms with Gasteiger partial charge < -0.3 is 16.6 Å². The van der Waals surface area contributed by atoms with Crippen LogP contribution in [0, 0.1) is 0 Å². The molecule has 12 heavy (non-hydrogen) atoms. The zero-order valence-electron chi connectivity index (χ0n) is 6.90. The van der Waals surface area contributed by atoms with E-state index in [4.69, 9.17) is 11.5 Å². The van der Waals surface area contributed by atoms with Crippen molar-refractivity contribution in [3.63, 3.8) is 0 Å². The van der Waals surface area contributed by atoms with Crippen molar-refractivity contribution in [1.82, 2.24) is 0 Å². The summed E-state index contributed by atoms with van der Waals surface area (Å²) in [6, 6.07) is 7.49. The van der Waals surface area contributed by atoms with E-state index in [9.17, 15) is 5.11 Å². The first-order valence-corrected chi connectivity index (χ1v) is 3.95. The molecule has 0 aliphatic carbocycles. The molecule has 1 unspecified atom stereocenters. The Morgan fingerprint density at radius 1 is 1.17 bits per heavy atom. The maximum atomic E-state index is 9.34. The number of rotatable bonds is 3. The average Bonchev–Trinajstić information content (AvgIpc) is 2.17. The molecule has 3 nitrogen and oxygen atoms in total. The van der Waals surface area contributed by atoms with Gasteiger partial charge in [0.2, 0.25) is 0 Å². The van der Waals surface area contributed by atoms with Crippen molar-refractivity contribution in [2.24, 2.45) is 11.5 Å². The summed E-state index contributed by atoms with van der Waals surface area (Å²) in [4.78, 5) is 0. The Balaban J connectivity index is 2.77. The zero-order valence-corrected chi connectivity index (χ0v) is 6.90. The third-order valence-electron chi connectivity index (χ3n) is 1.82. The highest BCUT2D eigenvalue weighted by Gasteiger charge is 2.03. The van der Waals surface area contributed by atoms with Crippen LogP contribution in [0.5, 0.6) is 0 Å². The molecule has 0 heterocycles. The molecule has 0 fully saturated rings. The molecule has 66 valence electrons. The third kappa shape index (κ3) is 2.04. The second kappa shape index (κ2) is 4.21. The first-order chi connectivity index (χ1) is 5.77. The van der Waals surface area contributed by atoms with E-state index in [1.165, 1.54) is 0 Å². The molecule has 0 bridgehead atoms. The van der Waals surface area contributed by atoms with Gasteiger partial charge in [0.1, 0.15) is 0 Å². The summed E-state index contributed by atoms with van der Waals surface area (Å²) < 4.78 is 0. The summed E-state index contributed by atoms with van der Waals surface area (Å²) in [5.41, 5.74) is 12.6. The molecule has 0 saturated carbocycles. The second-order valence-corrected chi connectivity index (χ2v) is 2.70. The van der Waals surface area contributed by atoms with Crippen LogP contribution in [0.1, 0.15) is 17.2 Å². The Hall–Kier alpha value is -0.900. The minimum Gasteiger partial charge on any atom is -0.387 e. The number of aliphatic hydroxyl groups excluding tert-OH is 1. The van der Waals surface area contributed by atoms with Gasteiger partial charge in [-0.2, -0.15) is 0 Å². The molecule has 0 aromatic heterocycles. The van der Waals surface area contributed by atoms with Crippen molar-refractivity contribution >= 4 is 0 Å². The quantitative estimate of drug-likeness (QED) is 0.598. The van der Waals surface area contributed by atoms with E-state index >= 15 is 0 Å². The normalized spacial score (nSPS) is 12.9. The molecule has 1 rings (SSSR count). The molecule has 5 N–H and O–H groups in total. The Kier molecular flexibility index (Phi) is 3.22. The maximum Gasteiger partial charge on any atom is 0.0912 e. The first-order valence-electron chi connectivity index (χ1n) is 3.95. The first kappa shape index (κ1) is 9.19. The van der Waals surface area contributed by atoms with Crippen LogP contribution < -0.4 is 11.5 Å². The smallest absolute Gasteiger partial charge is 0.0912 e. The van der Waals surface area contributed by atoms with Crippen molar-refractivity contribution in [3.8, 4) is 0 Å². The van der Waals surface area contributed by atoms with E-state index in [0.29, 0.717) is 6.54 Å². The molecule has 3 heteroatoms. The van der Waals surface area contributed by atoms with Crippen LogP contribution in [-0.4, -0.2) is 11.7 Å². The minimum absolute atomic E-state index is 0.252. The monoisotopic (exact) mass is 166 g/mol. The summed E-state index contributed by atoms with van der Waals surface area (Å²) >= 11 is 0. The van der Waals surface area contributed by atoms with Gasteiger partial charge in [-0.3, -0.25) is 0 Å². The van der Waals surface area contributed by atoms with Crippen LogP contribution in [0.25, 0.3) is 0 Å². The average molecular weight is 166 g/mol. The zero-order chi connectivity index (χ0) is 8.97. The van der Waals surface area contributed by atoms with E-state index in [2.05, 4.69) is 0 Å². The molecule has 1 atom stereocenters. The van der Waals surface area contributed by atoms with E-state index in [-0.39, 0.29) is 6.54 Å². The van der Waals surface area contributed by atoms with E-state index < -0.39 is 6.10 Å². The standard InChI is InChI=1S/C9H14N2O/c10-5-7-1-3-8(4-2-7)9(12)6-11/h1-4,9,12H,5-6,10-11H2. The molecule has 0 saturated heterocycles. The van der Waals surface area contributed by atoms with Crippen LogP contribution in [0.3, 0.4) is 0 Å². The van der Waals surface area contributed by atoms with Gasteiger partial charge in [0.05, 0.1) is 6.10 Å². The van der Waals surface area contributed by atoms with Crippen LogP contribution >= 0.6 is 0 Å². The van der Waals surface area contributed by atoms with Crippen LogP contribution in [0.2, 0.25) is 0 Å². The molecular weight excluding hydrogens is 152 g/mol. The highest BCUT2D eigenvalue weighted by atomic mass is 16.3. The lowest BCUT2D eigenvalue weighted by molar-refractivity contribution is 0.186. The predicted octanol–water partition coefficient (Wildman–Crippen LogP) is 0.137. The fourth-order valence-electron chi connectivity index (χ4n) is 1.01. The lowest BCUT2D eigenvalue weighted by Gasteiger charge is -2.07. The topological polar surface area (TPSA) is 72.3 Å². The highest BCUT2D eigenvalue weighted by Crippen LogP contribution is 2.11. The third-order valence-corrected chi connectivity index (χ3v) is 1.82. The van der Waals surface area contributed by atoms with Gasteiger partial charge in [-0.05, 0) is 11.1 Å². The van der Waals surface area contributed by atoms with E-state index in [1.807, 2.05) is 24.3 Å². The number of hydrogen-bond donors (Lipinski definition) is 3.